The molecule has 0 fully saturated rings. The molecule has 0 atom stereocenters. The molecule has 0 bridgehead atoms. The molecular formula is C22H22FN7O3S. The number of carbonyl (C=O) groups is 1. The summed E-state index contributed by atoms with van der Waals surface area (Å²) in [6.45, 7) is 0. The van der Waals surface area contributed by atoms with Crippen molar-refractivity contribution in [2.75, 3.05) is 37.8 Å². The quantitative estimate of drug-likeness (QED) is 0.387. The highest BCUT2D eigenvalue weighted by Crippen LogP contribution is 2.28. The van der Waals surface area contributed by atoms with Crippen molar-refractivity contribution in [2.45, 2.75) is 0 Å². The topological polar surface area (TPSA) is 124 Å². The molecule has 0 amide bonds. The van der Waals surface area contributed by atoms with Crippen LogP contribution in [0.5, 0.6) is 0 Å². The first-order valence-electron chi connectivity index (χ1n) is 10.1. The Morgan fingerprint density at radius 3 is 2.32 bits per heavy atom. The van der Waals surface area contributed by atoms with Crippen LogP contribution < -0.4 is 9.62 Å². The largest absolute Gasteiger partial charge is 0.347 e. The molecule has 0 aliphatic heterocycles. The second-order valence-corrected chi connectivity index (χ2v) is 9.76. The zero-order valence-corrected chi connectivity index (χ0v) is 19.7. The van der Waals surface area contributed by atoms with Crippen molar-refractivity contribution in [3.05, 3.63) is 66.0 Å². The molecule has 10 nitrogen and oxygen atoms in total. The van der Waals surface area contributed by atoms with Crippen LogP contribution in [0.2, 0.25) is 0 Å². The van der Waals surface area contributed by atoms with Gasteiger partial charge in [-0.2, -0.15) is 12.7 Å². The molecule has 176 valence electrons. The van der Waals surface area contributed by atoms with E-state index in [0.29, 0.717) is 28.1 Å². The number of carbonyl (C=O) groups excluding carboxylic acids is 1. The van der Waals surface area contributed by atoms with Gasteiger partial charge in [0.15, 0.2) is 11.6 Å². The van der Waals surface area contributed by atoms with Gasteiger partial charge in [0.25, 0.3) is 0 Å². The zero-order valence-electron chi connectivity index (χ0n) is 18.9. The third-order valence-corrected chi connectivity index (χ3v) is 6.55. The van der Waals surface area contributed by atoms with E-state index in [9.17, 15) is 13.2 Å². The lowest BCUT2D eigenvalue weighted by Crippen LogP contribution is -2.29. The van der Waals surface area contributed by atoms with E-state index in [0.717, 1.165) is 4.31 Å². The van der Waals surface area contributed by atoms with Gasteiger partial charge in [-0.15, -0.1) is 0 Å². The predicted molar refractivity (Wildman–Crippen MR) is 128 cm³/mol. The average molecular weight is 484 g/mol. The van der Waals surface area contributed by atoms with Crippen LogP contribution in [0, 0.1) is 5.82 Å². The number of aromatic nitrogens is 4. The Kier molecular flexibility index (Phi) is 6.02. The van der Waals surface area contributed by atoms with Gasteiger partial charge in [-0.1, -0.05) is 6.07 Å². The number of ketones is 1. The molecule has 0 saturated carbocycles. The van der Waals surface area contributed by atoms with Gasteiger partial charge in [-0.3, -0.25) is 9.52 Å². The summed E-state index contributed by atoms with van der Waals surface area (Å²) >= 11 is 0. The van der Waals surface area contributed by atoms with E-state index in [1.807, 2.05) is 14.1 Å². The van der Waals surface area contributed by atoms with Gasteiger partial charge < -0.3 is 9.88 Å². The van der Waals surface area contributed by atoms with Gasteiger partial charge in [-0.25, -0.2) is 19.3 Å². The number of benzene rings is 1. The number of rotatable bonds is 7. The number of halogens is 1. The van der Waals surface area contributed by atoms with E-state index in [1.165, 1.54) is 38.5 Å². The molecule has 0 radical (unpaired) electrons. The van der Waals surface area contributed by atoms with E-state index in [2.05, 4.69) is 24.7 Å². The fourth-order valence-electron chi connectivity index (χ4n) is 3.21. The standard InChI is InChI=1S/C22H22FN7O3S/c1-29(2)22-26-10-14(11-27-22)13-8-16-17(12-25-21(16)24-9-13)20(31)15-6-5-7-18(19(15)23)28-34(32,33)30(3)4/h5-12,28H,1-4H3,(H,24,25). The van der Waals surface area contributed by atoms with E-state index < -0.39 is 21.8 Å². The molecule has 4 rings (SSSR count). The van der Waals surface area contributed by atoms with Crippen molar-refractivity contribution in [1.29, 1.82) is 0 Å². The van der Waals surface area contributed by atoms with Crippen LogP contribution in [-0.4, -0.2) is 66.6 Å². The fraction of sp³-hybridized carbons (Fsp3) is 0.182. The van der Waals surface area contributed by atoms with Crippen LogP contribution in [0.3, 0.4) is 0 Å². The Hall–Kier alpha value is -3.90. The summed E-state index contributed by atoms with van der Waals surface area (Å²) < 4.78 is 42.4. The van der Waals surface area contributed by atoms with Crippen LogP contribution in [0.15, 0.2) is 49.1 Å². The van der Waals surface area contributed by atoms with E-state index in [4.69, 9.17) is 0 Å². The number of anilines is 2. The molecular weight excluding hydrogens is 461 g/mol. The van der Waals surface area contributed by atoms with Gasteiger partial charge in [0.2, 0.25) is 5.95 Å². The molecule has 0 aliphatic carbocycles. The highest BCUT2D eigenvalue weighted by molar-refractivity contribution is 7.90. The van der Waals surface area contributed by atoms with Gasteiger partial charge >= 0.3 is 10.2 Å². The molecule has 12 heteroatoms. The maximum Gasteiger partial charge on any atom is 0.301 e. The molecule has 4 aromatic rings. The van der Waals surface area contributed by atoms with Gasteiger partial charge in [-0.05, 0) is 18.2 Å². The van der Waals surface area contributed by atoms with Crippen LogP contribution in [-0.2, 0) is 10.2 Å². The van der Waals surface area contributed by atoms with E-state index in [1.54, 1.807) is 29.6 Å². The summed E-state index contributed by atoms with van der Waals surface area (Å²) in [4.78, 5) is 30.9. The highest BCUT2D eigenvalue weighted by atomic mass is 32.2. The minimum absolute atomic E-state index is 0.196. The Balaban J connectivity index is 1.72. The lowest BCUT2D eigenvalue weighted by molar-refractivity contribution is 0.103. The molecule has 0 saturated heterocycles. The second kappa shape index (κ2) is 8.80. The number of H-pyrrole nitrogens is 1. The number of hydrogen-bond acceptors (Lipinski definition) is 7. The summed E-state index contributed by atoms with van der Waals surface area (Å²) in [5, 5.41) is 0.484. The number of fused-ring (bicyclic) bond motifs is 1. The van der Waals surface area contributed by atoms with Crippen molar-refractivity contribution >= 4 is 38.7 Å². The van der Waals surface area contributed by atoms with Gasteiger partial charge in [0, 0.05) is 75.1 Å². The summed E-state index contributed by atoms with van der Waals surface area (Å²) in [6.07, 6.45) is 6.38. The normalized spacial score (nSPS) is 11.7. The van der Waals surface area contributed by atoms with Crippen LogP contribution >= 0.6 is 0 Å². The number of nitrogens with zero attached hydrogens (tertiary/aromatic N) is 5. The van der Waals surface area contributed by atoms with Crippen molar-refractivity contribution in [3.63, 3.8) is 0 Å². The molecule has 2 N–H and O–H groups in total. The predicted octanol–water partition coefficient (Wildman–Crippen LogP) is 2.67. The molecule has 1 aromatic carbocycles. The summed E-state index contributed by atoms with van der Waals surface area (Å²) in [5.74, 6) is -1.03. The Morgan fingerprint density at radius 1 is 1.00 bits per heavy atom. The average Bonchev–Trinajstić information content (AvgIpc) is 3.23. The smallest absolute Gasteiger partial charge is 0.301 e. The van der Waals surface area contributed by atoms with Crippen LogP contribution in [0.4, 0.5) is 16.0 Å². The molecule has 3 heterocycles. The Morgan fingerprint density at radius 2 is 1.68 bits per heavy atom. The van der Waals surface area contributed by atoms with E-state index in [-0.39, 0.29) is 16.8 Å². The fourth-order valence-corrected chi connectivity index (χ4v) is 3.83. The van der Waals surface area contributed by atoms with Gasteiger partial charge in [0.05, 0.1) is 11.3 Å². The second-order valence-electron chi connectivity index (χ2n) is 7.87. The first-order valence-corrected chi connectivity index (χ1v) is 11.5. The first kappa shape index (κ1) is 23.3. The van der Waals surface area contributed by atoms with Gasteiger partial charge in [0.1, 0.15) is 5.65 Å². The molecule has 3 aromatic heterocycles. The maximum absolute atomic E-state index is 15.1. The lowest BCUT2D eigenvalue weighted by atomic mass is 10.0. The molecule has 0 unspecified atom stereocenters. The number of aromatic amines is 1. The number of hydrogen-bond donors (Lipinski definition) is 2. The maximum atomic E-state index is 15.1. The molecule has 34 heavy (non-hydrogen) atoms. The number of nitrogens with one attached hydrogen (secondary N) is 2. The number of pyridine rings is 1. The Bertz CT molecular complexity index is 1480. The molecule has 0 aliphatic rings. The zero-order chi connectivity index (χ0) is 24.6. The van der Waals surface area contributed by atoms with E-state index >= 15 is 4.39 Å². The third-order valence-electron chi connectivity index (χ3n) is 5.11. The Labute approximate surface area is 195 Å². The van der Waals surface area contributed by atoms with Crippen molar-refractivity contribution in [2.24, 2.45) is 0 Å². The summed E-state index contributed by atoms with van der Waals surface area (Å²) in [7, 11) is 2.34. The summed E-state index contributed by atoms with van der Waals surface area (Å²) in [6, 6.07) is 5.71. The third kappa shape index (κ3) is 4.32. The molecule has 0 spiro atoms. The first-order chi connectivity index (χ1) is 16.1. The van der Waals surface area contributed by atoms with Crippen molar-refractivity contribution < 1.29 is 17.6 Å². The van der Waals surface area contributed by atoms with Crippen LogP contribution in [0.25, 0.3) is 22.2 Å². The van der Waals surface area contributed by atoms with Crippen molar-refractivity contribution in [3.8, 4) is 11.1 Å². The minimum atomic E-state index is -3.95. The monoisotopic (exact) mass is 483 g/mol. The summed E-state index contributed by atoms with van der Waals surface area (Å²) in [5.41, 5.74) is 1.43. The SMILES string of the molecule is CN(C)c1ncc(-c2cnc3[nH]cc(C(=O)c4cccc(NS(=O)(=O)N(C)C)c4F)c3c2)cn1. The minimum Gasteiger partial charge on any atom is -0.347 e. The lowest BCUT2D eigenvalue weighted by Gasteiger charge is -2.14. The highest BCUT2D eigenvalue weighted by Gasteiger charge is 2.23. The van der Waals surface area contributed by atoms with Crippen LogP contribution in [0.1, 0.15) is 15.9 Å². The van der Waals surface area contributed by atoms with Crippen molar-refractivity contribution in [1.82, 2.24) is 24.2 Å².